The summed E-state index contributed by atoms with van der Waals surface area (Å²) < 4.78 is 26.5. The predicted octanol–water partition coefficient (Wildman–Crippen LogP) is 3.66. The fourth-order valence-electron chi connectivity index (χ4n) is 3.05. The van der Waals surface area contributed by atoms with Gasteiger partial charge in [-0.05, 0) is 29.2 Å². The molecule has 3 rings (SSSR count). The first-order valence-electron chi connectivity index (χ1n) is 8.37. The van der Waals surface area contributed by atoms with E-state index in [0.29, 0.717) is 11.5 Å². The molecule has 0 unspecified atom stereocenters. The summed E-state index contributed by atoms with van der Waals surface area (Å²) in [4.78, 5) is 12.1. The van der Waals surface area contributed by atoms with E-state index in [2.05, 4.69) is 38.1 Å². The lowest BCUT2D eigenvalue weighted by atomic mass is 9.97. The molecule has 1 aromatic heterocycles. The van der Waals surface area contributed by atoms with E-state index in [-0.39, 0.29) is 0 Å². The molecule has 26 heavy (non-hydrogen) atoms. The number of nitrogens with zero attached hydrogens (tertiary/aromatic N) is 1. The van der Waals surface area contributed by atoms with Gasteiger partial charge in [0.15, 0.2) is 0 Å². The third kappa shape index (κ3) is 3.65. The van der Waals surface area contributed by atoms with Crippen molar-refractivity contribution in [2.75, 3.05) is 6.26 Å². The summed E-state index contributed by atoms with van der Waals surface area (Å²) in [7, 11) is -1.68. The van der Waals surface area contributed by atoms with Crippen molar-refractivity contribution in [3.05, 3.63) is 59.8 Å². The van der Waals surface area contributed by atoms with Crippen LogP contribution >= 0.6 is 0 Å². The molecule has 0 bridgehead atoms. The van der Waals surface area contributed by atoms with Crippen molar-refractivity contribution in [3.8, 4) is 11.1 Å². The Labute approximate surface area is 153 Å². The lowest BCUT2D eigenvalue weighted by Gasteiger charge is -2.08. The molecule has 0 fully saturated rings. The van der Waals surface area contributed by atoms with Crippen molar-refractivity contribution in [2.45, 2.75) is 19.8 Å². The predicted molar refractivity (Wildman–Crippen MR) is 105 cm³/mol. The number of aryl methyl sites for hydroxylation is 1. The SMILES string of the molecule is CC(C)c1cccc(-c2cn(C)c3cc(C(=O)NS(C)(=O)=O)ccc23)c1. The third-order valence-electron chi connectivity index (χ3n) is 4.40. The van der Waals surface area contributed by atoms with Crippen LogP contribution in [0.5, 0.6) is 0 Å². The van der Waals surface area contributed by atoms with Gasteiger partial charge in [-0.3, -0.25) is 4.79 Å². The summed E-state index contributed by atoms with van der Waals surface area (Å²) in [5.41, 5.74) is 4.65. The number of carbonyl (C=O) groups excluding carboxylic acids is 1. The number of hydrogen-bond donors (Lipinski definition) is 1. The van der Waals surface area contributed by atoms with Gasteiger partial charge in [0.05, 0.1) is 6.26 Å². The van der Waals surface area contributed by atoms with Gasteiger partial charge in [-0.1, -0.05) is 44.2 Å². The van der Waals surface area contributed by atoms with Gasteiger partial charge in [0.25, 0.3) is 5.91 Å². The maximum atomic E-state index is 12.1. The van der Waals surface area contributed by atoms with Crippen LogP contribution in [0.3, 0.4) is 0 Å². The molecular formula is C20H22N2O3S. The van der Waals surface area contributed by atoms with Crippen molar-refractivity contribution in [3.63, 3.8) is 0 Å². The number of benzene rings is 2. The Morgan fingerprint density at radius 3 is 2.50 bits per heavy atom. The number of fused-ring (bicyclic) bond motifs is 1. The first-order valence-corrected chi connectivity index (χ1v) is 10.3. The molecule has 0 aliphatic carbocycles. The Kier molecular flexibility index (Phi) is 4.63. The van der Waals surface area contributed by atoms with Gasteiger partial charge < -0.3 is 4.57 Å². The molecule has 0 aliphatic heterocycles. The van der Waals surface area contributed by atoms with Crippen LogP contribution < -0.4 is 4.72 Å². The van der Waals surface area contributed by atoms with Crippen molar-refractivity contribution in [1.29, 1.82) is 0 Å². The normalized spacial score (nSPS) is 11.9. The topological polar surface area (TPSA) is 68.2 Å². The summed E-state index contributed by atoms with van der Waals surface area (Å²) in [6.45, 7) is 4.32. The van der Waals surface area contributed by atoms with E-state index in [9.17, 15) is 13.2 Å². The standard InChI is InChI=1S/C20H22N2O3S/c1-13(2)14-6-5-7-15(10-14)18-12-22(3)19-11-16(8-9-17(18)19)20(23)21-26(4,24)25/h5-13H,1-4H3,(H,21,23). The summed E-state index contributed by atoms with van der Waals surface area (Å²) in [5.74, 6) is -0.185. The summed E-state index contributed by atoms with van der Waals surface area (Å²) in [6.07, 6.45) is 2.99. The highest BCUT2D eigenvalue weighted by Crippen LogP contribution is 2.32. The molecule has 6 heteroatoms. The lowest BCUT2D eigenvalue weighted by molar-refractivity contribution is 0.0982. The largest absolute Gasteiger partial charge is 0.350 e. The zero-order valence-electron chi connectivity index (χ0n) is 15.3. The van der Waals surface area contributed by atoms with Crippen LogP contribution in [0.15, 0.2) is 48.7 Å². The van der Waals surface area contributed by atoms with Crippen molar-refractivity contribution < 1.29 is 13.2 Å². The lowest BCUT2D eigenvalue weighted by Crippen LogP contribution is -2.29. The Morgan fingerprint density at radius 2 is 1.85 bits per heavy atom. The van der Waals surface area contributed by atoms with Crippen LogP contribution in [-0.2, 0) is 17.1 Å². The smallest absolute Gasteiger partial charge is 0.264 e. The van der Waals surface area contributed by atoms with Gasteiger partial charge in [-0.15, -0.1) is 0 Å². The quantitative estimate of drug-likeness (QED) is 0.762. The number of rotatable bonds is 4. The Balaban J connectivity index is 2.08. The summed E-state index contributed by atoms with van der Waals surface area (Å²) in [6, 6.07) is 13.7. The summed E-state index contributed by atoms with van der Waals surface area (Å²) in [5, 5.41) is 1.02. The number of aromatic nitrogens is 1. The second kappa shape index (κ2) is 6.61. The molecule has 0 atom stereocenters. The third-order valence-corrected chi connectivity index (χ3v) is 4.95. The van der Waals surface area contributed by atoms with Gasteiger partial charge in [0.1, 0.15) is 0 Å². The zero-order chi connectivity index (χ0) is 19.1. The van der Waals surface area contributed by atoms with Crippen molar-refractivity contribution in [1.82, 2.24) is 9.29 Å². The highest BCUT2D eigenvalue weighted by Gasteiger charge is 2.15. The first kappa shape index (κ1) is 18.2. The van der Waals surface area contributed by atoms with Crippen LogP contribution in [0.1, 0.15) is 35.7 Å². The molecule has 136 valence electrons. The fraction of sp³-hybridized carbons (Fsp3) is 0.250. The number of sulfonamides is 1. The number of nitrogens with one attached hydrogen (secondary N) is 1. The van der Waals surface area contributed by atoms with Crippen LogP contribution in [-0.4, -0.2) is 25.1 Å². The Hall–Kier alpha value is -2.60. The number of carbonyl (C=O) groups is 1. The molecular weight excluding hydrogens is 348 g/mol. The maximum Gasteiger partial charge on any atom is 0.264 e. The molecule has 0 aliphatic rings. The molecule has 1 amide bonds. The van der Waals surface area contributed by atoms with Gasteiger partial charge in [-0.25, -0.2) is 13.1 Å². The molecule has 0 saturated heterocycles. The van der Waals surface area contributed by atoms with E-state index in [1.54, 1.807) is 12.1 Å². The molecule has 5 nitrogen and oxygen atoms in total. The van der Waals surface area contributed by atoms with Gasteiger partial charge in [0.2, 0.25) is 10.0 Å². The number of amides is 1. The molecule has 3 aromatic rings. The monoisotopic (exact) mass is 370 g/mol. The van der Waals surface area contributed by atoms with E-state index in [1.807, 2.05) is 28.6 Å². The average molecular weight is 370 g/mol. The molecule has 1 N–H and O–H groups in total. The Morgan fingerprint density at radius 1 is 1.12 bits per heavy atom. The van der Waals surface area contributed by atoms with Gasteiger partial charge >= 0.3 is 0 Å². The van der Waals surface area contributed by atoms with Crippen molar-refractivity contribution >= 4 is 26.8 Å². The highest BCUT2D eigenvalue weighted by atomic mass is 32.2. The van der Waals surface area contributed by atoms with Crippen LogP contribution in [0, 0.1) is 0 Å². The van der Waals surface area contributed by atoms with Crippen LogP contribution in [0.2, 0.25) is 0 Å². The molecule has 1 heterocycles. The zero-order valence-corrected chi connectivity index (χ0v) is 16.1. The molecule has 2 aromatic carbocycles. The first-order chi connectivity index (χ1) is 12.2. The maximum absolute atomic E-state index is 12.1. The van der Waals surface area contributed by atoms with Crippen LogP contribution in [0.4, 0.5) is 0 Å². The van der Waals surface area contributed by atoms with E-state index >= 15 is 0 Å². The van der Waals surface area contributed by atoms with E-state index < -0.39 is 15.9 Å². The molecule has 0 radical (unpaired) electrons. The molecule has 0 spiro atoms. The summed E-state index contributed by atoms with van der Waals surface area (Å²) >= 11 is 0. The average Bonchev–Trinajstić information content (AvgIpc) is 2.90. The van der Waals surface area contributed by atoms with Gasteiger partial charge in [0, 0.05) is 35.3 Å². The van der Waals surface area contributed by atoms with E-state index in [1.165, 1.54) is 5.56 Å². The minimum Gasteiger partial charge on any atom is -0.350 e. The van der Waals surface area contributed by atoms with Crippen molar-refractivity contribution in [2.24, 2.45) is 7.05 Å². The number of hydrogen-bond acceptors (Lipinski definition) is 3. The second-order valence-electron chi connectivity index (χ2n) is 6.87. The van der Waals surface area contributed by atoms with Crippen LogP contribution in [0.25, 0.3) is 22.0 Å². The van der Waals surface area contributed by atoms with E-state index in [4.69, 9.17) is 0 Å². The fourth-order valence-corrected chi connectivity index (χ4v) is 3.50. The second-order valence-corrected chi connectivity index (χ2v) is 8.62. The van der Waals surface area contributed by atoms with Gasteiger partial charge in [-0.2, -0.15) is 0 Å². The molecule has 0 saturated carbocycles. The van der Waals surface area contributed by atoms with E-state index in [0.717, 1.165) is 28.3 Å². The minimum atomic E-state index is -3.59. The minimum absolute atomic E-state index is 0.312. The Bertz CT molecular complexity index is 1100. The highest BCUT2D eigenvalue weighted by molar-refractivity contribution is 7.89.